The van der Waals surface area contributed by atoms with Crippen molar-refractivity contribution < 1.29 is 48.4 Å². The van der Waals surface area contributed by atoms with Gasteiger partial charge in [-0.15, -0.1) is 0 Å². The van der Waals surface area contributed by atoms with E-state index >= 15 is 0 Å². The van der Waals surface area contributed by atoms with Crippen molar-refractivity contribution in [3.63, 3.8) is 0 Å². The highest BCUT2D eigenvalue weighted by Crippen LogP contribution is 2.27. The molecule has 0 aromatic rings. The van der Waals surface area contributed by atoms with Gasteiger partial charge in [0.05, 0.1) is 45.1 Å². The third-order valence-corrected chi connectivity index (χ3v) is 11.3. The van der Waals surface area contributed by atoms with Gasteiger partial charge in [-0.25, -0.2) is 0 Å². The minimum Gasteiger partial charge on any atom is -0.393 e. The highest BCUT2D eigenvalue weighted by atomic mass is 16.5. The summed E-state index contributed by atoms with van der Waals surface area (Å²) < 4.78 is 15.5. The van der Waals surface area contributed by atoms with Crippen LogP contribution in [0.3, 0.4) is 0 Å². The van der Waals surface area contributed by atoms with Crippen LogP contribution in [0.15, 0.2) is 0 Å². The van der Waals surface area contributed by atoms with E-state index in [1.165, 1.54) is 0 Å². The number of hydrogen-bond donors (Lipinski definition) is 2. The predicted octanol–water partition coefficient (Wildman–Crippen LogP) is 5.61. The molecule has 5 fully saturated rings. The van der Waals surface area contributed by atoms with Crippen LogP contribution in [0.2, 0.25) is 0 Å². The first-order valence-corrected chi connectivity index (χ1v) is 22.1. The Bertz CT molecular complexity index is 1120. The second-order valence-corrected chi connectivity index (χ2v) is 17.7. The van der Waals surface area contributed by atoms with Crippen molar-refractivity contribution in [3.8, 4) is 0 Å². The number of aliphatic hydroxyl groups excluding tert-OH is 2. The van der Waals surface area contributed by atoms with Crippen LogP contribution in [0.1, 0.15) is 127 Å². The summed E-state index contributed by atoms with van der Waals surface area (Å²) in [5, 5.41) is 18.5. The van der Waals surface area contributed by atoms with Crippen molar-refractivity contribution in [3.05, 3.63) is 0 Å². The number of carbonyl (C=O) groups is 5. The molecule has 0 aromatic carbocycles. The van der Waals surface area contributed by atoms with Gasteiger partial charge in [-0.2, -0.15) is 0 Å². The quantitative estimate of drug-likeness (QED) is 0.266. The Morgan fingerprint density at radius 1 is 0.491 bits per heavy atom. The number of ether oxygens (including phenoxy) is 3. The van der Waals surface area contributed by atoms with Gasteiger partial charge in [0.25, 0.3) is 0 Å². The van der Waals surface area contributed by atoms with E-state index in [9.17, 15) is 34.2 Å². The molecule has 1 saturated carbocycles. The number of Topliss-reactive ketones (excluding diaryl/α,β-unsaturated/α-hetero) is 5. The number of aliphatic hydroxyl groups is 2. The summed E-state index contributed by atoms with van der Waals surface area (Å²) in [5.41, 5.74) is 0. The van der Waals surface area contributed by atoms with E-state index in [1.807, 2.05) is 55.4 Å². The number of carbonyl (C=O) groups excluding carboxylic acids is 5. The molecule has 12 heteroatoms. The van der Waals surface area contributed by atoms with Crippen LogP contribution in [0.5, 0.6) is 0 Å². The molecule has 1 aliphatic carbocycles. The molecule has 0 bridgehead atoms. The van der Waals surface area contributed by atoms with Gasteiger partial charge in [0.2, 0.25) is 0 Å². The number of morpholine rings is 1. The predicted molar refractivity (Wildman–Crippen MR) is 224 cm³/mol. The minimum atomic E-state index is -0.152. The summed E-state index contributed by atoms with van der Waals surface area (Å²) in [7, 11) is 0. The van der Waals surface area contributed by atoms with Crippen molar-refractivity contribution in [2.45, 2.75) is 139 Å². The van der Waals surface area contributed by atoms with Crippen molar-refractivity contribution in [1.82, 2.24) is 9.80 Å². The molecule has 12 nitrogen and oxygen atoms in total. The molecule has 5 rings (SSSR count). The standard InChI is InChI=1S/C10H19NO2.C10H18O2.C9H17NO2.C9H16O2.C7H12O2/c1-8(2)10(13)7-11-5-3-9(12)4-6-11;1-7(2)10(12)8-3-5-9(11)6-4-8;1-8(2)9(11)7-10-3-5-12-6-4-10;1-7(2)9(10)8-3-5-11-6-4-8;1-6(8)7-3-2-4-9-5-7/h8-9,12H,3-7H2,1-2H3;7-9,11H,3-6H2,1-2H3;8H,3-7H2,1-2H3;7-8H,3-6H2,1-2H3;7H,2-5H2,1H3. The van der Waals surface area contributed by atoms with Crippen molar-refractivity contribution >= 4 is 28.9 Å². The van der Waals surface area contributed by atoms with Gasteiger partial charge < -0.3 is 24.4 Å². The minimum absolute atomic E-state index is 0.131. The second kappa shape index (κ2) is 30.1. The molecule has 0 aromatic heterocycles. The lowest BCUT2D eigenvalue weighted by Gasteiger charge is -2.29. The lowest BCUT2D eigenvalue weighted by molar-refractivity contribution is -0.129. The topological polar surface area (TPSA) is 160 Å². The van der Waals surface area contributed by atoms with E-state index in [0.29, 0.717) is 42.8 Å². The van der Waals surface area contributed by atoms with E-state index in [0.717, 1.165) is 123 Å². The van der Waals surface area contributed by atoms with E-state index in [2.05, 4.69) is 9.80 Å². The first-order chi connectivity index (χ1) is 26.9. The lowest BCUT2D eigenvalue weighted by atomic mass is 9.81. The highest BCUT2D eigenvalue weighted by molar-refractivity contribution is 5.84. The monoisotopic (exact) mass is 811 g/mol. The molecule has 1 unspecified atom stereocenters. The van der Waals surface area contributed by atoms with Crippen LogP contribution in [-0.4, -0.2) is 140 Å². The molecule has 0 amide bonds. The maximum Gasteiger partial charge on any atom is 0.149 e. The Labute approximate surface area is 345 Å². The molecule has 5 aliphatic rings. The van der Waals surface area contributed by atoms with Gasteiger partial charge in [0.15, 0.2) is 0 Å². The maximum absolute atomic E-state index is 11.5. The molecule has 2 N–H and O–H groups in total. The Balaban J connectivity index is 0.000000358. The highest BCUT2D eigenvalue weighted by Gasteiger charge is 2.27. The zero-order valence-corrected chi connectivity index (χ0v) is 37.3. The second-order valence-electron chi connectivity index (χ2n) is 17.7. The number of rotatable bonds is 11. The molecule has 4 aliphatic heterocycles. The van der Waals surface area contributed by atoms with Crippen LogP contribution in [0.4, 0.5) is 0 Å². The number of nitrogens with zero attached hydrogens (tertiary/aromatic N) is 2. The first-order valence-electron chi connectivity index (χ1n) is 22.1. The van der Waals surface area contributed by atoms with Crippen LogP contribution in [-0.2, 0) is 38.2 Å². The average Bonchev–Trinajstić information content (AvgIpc) is 3.20. The summed E-state index contributed by atoms with van der Waals surface area (Å²) in [6.07, 6.45) is 8.64. The number of ketones is 5. The normalized spacial score (nSPS) is 23.8. The van der Waals surface area contributed by atoms with Gasteiger partial charge in [0, 0.05) is 87.4 Å². The Morgan fingerprint density at radius 2 is 0.912 bits per heavy atom. The van der Waals surface area contributed by atoms with Gasteiger partial charge in [-0.1, -0.05) is 55.4 Å². The van der Waals surface area contributed by atoms with E-state index < -0.39 is 0 Å². The summed E-state index contributed by atoms with van der Waals surface area (Å²) in [6, 6.07) is 0. The lowest BCUT2D eigenvalue weighted by Crippen LogP contribution is -2.40. The SMILES string of the molecule is CC(=O)C1CCCOC1.CC(C)C(=O)C1CCC(O)CC1.CC(C)C(=O)C1CCOCC1.CC(C)C(=O)CN1CCC(O)CC1.CC(C)C(=O)CN1CCOCC1. The average molecular weight is 811 g/mol. The zero-order valence-electron chi connectivity index (χ0n) is 37.3. The molecule has 4 heterocycles. The smallest absolute Gasteiger partial charge is 0.149 e. The van der Waals surface area contributed by atoms with Crippen LogP contribution < -0.4 is 0 Å². The third-order valence-electron chi connectivity index (χ3n) is 11.3. The van der Waals surface area contributed by atoms with E-state index in [-0.39, 0.29) is 59.4 Å². The maximum atomic E-state index is 11.5. The van der Waals surface area contributed by atoms with Crippen LogP contribution in [0.25, 0.3) is 0 Å². The summed E-state index contributed by atoms with van der Waals surface area (Å²) >= 11 is 0. The Morgan fingerprint density at radius 3 is 1.30 bits per heavy atom. The fourth-order valence-corrected chi connectivity index (χ4v) is 6.99. The van der Waals surface area contributed by atoms with E-state index in [1.54, 1.807) is 6.92 Å². The van der Waals surface area contributed by atoms with Crippen LogP contribution >= 0.6 is 0 Å². The summed E-state index contributed by atoms with van der Waals surface area (Å²) in [6.45, 7) is 26.5. The van der Waals surface area contributed by atoms with Gasteiger partial charge in [-0.3, -0.25) is 33.8 Å². The van der Waals surface area contributed by atoms with Gasteiger partial charge in [-0.05, 0) is 71.1 Å². The summed E-state index contributed by atoms with van der Waals surface area (Å²) in [4.78, 5) is 60.7. The largest absolute Gasteiger partial charge is 0.393 e. The van der Waals surface area contributed by atoms with Gasteiger partial charge >= 0.3 is 0 Å². The Hall–Kier alpha value is -1.93. The summed E-state index contributed by atoms with van der Waals surface area (Å²) in [5.74, 6) is 3.04. The molecule has 0 radical (unpaired) electrons. The number of likely N-dealkylation sites (tertiary alicyclic amines) is 1. The molecule has 57 heavy (non-hydrogen) atoms. The molecule has 1 atom stereocenters. The van der Waals surface area contributed by atoms with E-state index in [4.69, 9.17) is 14.2 Å². The number of hydrogen-bond acceptors (Lipinski definition) is 12. The van der Waals surface area contributed by atoms with Gasteiger partial charge in [0.1, 0.15) is 28.9 Å². The van der Waals surface area contributed by atoms with Crippen LogP contribution in [0, 0.1) is 41.4 Å². The molecule has 332 valence electrons. The zero-order chi connectivity index (χ0) is 42.9. The fraction of sp³-hybridized carbons (Fsp3) is 0.889. The van der Waals surface area contributed by atoms with Crippen molar-refractivity contribution in [2.24, 2.45) is 41.4 Å². The number of piperidine rings is 1. The molecular weight excluding hydrogens is 728 g/mol. The Kier molecular flexibility index (Phi) is 28.1. The molecular formula is C45H82N2O10. The van der Waals surface area contributed by atoms with Crippen molar-refractivity contribution in [1.29, 1.82) is 0 Å². The molecule has 0 spiro atoms. The van der Waals surface area contributed by atoms with Crippen molar-refractivity contribution in [2.75, 3.05) is 78.9 Å². The fourth-order valence-electron chi connectivity index (χ4n) is 6.99. The molecule has 4 saturated heterocycles. The first kappa shape index (κ1) is 53.1. The third kappa shape index (κ3) is 24.1.